The van der Waals surface area contributed by atoms with E-state index in [0.29, 0.717) is 18.9 Å². The topological polar surface area (TPSA) is 75.7 Å². The highest BCUT2D eigenvalue weighted by Gasteiger charge is 2.33. The maximum Gasteiger partial charge on any atom is 0.243 e. The molecule has 174 valence electrons. The van der Waals surface area contributed by atoms with Gasteiger partial charge in [-0.05, 0) is 54.7 Å². The molecule has 0 aromatic heterocycles. The quantitative estimate of drug-likeness (QED) is 0.672. The van der Waals surface area contributed by atoms with Crippen LogP contribution in [0.25, 0.3) is 0 Å². The zero-order valence-corrected chi connectivity index (χ0v) is 19.2. The van der Waals surface area contributed by atoms with Crippen molar-refractivity contribution in [1.29, 1.82) is 0 Å². The smallest absolute Gasteiger partial charge is 0.243 e. The molecule has 1 N–H and O–H groups in total. The van der Waals surface area contributed by atoms with Gasteiger partial charge in [-0.3, -0.25) is 4.79 Å². The average Bonchev–Trinajstić information content (AvgIpc) is 2.79. The van der Waals surface area contributed by atoms with E-state index in [9.17, 15) is 22.0 Å². The second-order valence-electron chi connectivity index (χ2n) is 8.26. The van der Waals surface area contributed by atoms with E-state index in [1.54, 1.807) is 7.11 Å². The molecule has 2 aromatic rings. The molecule has 32 heavy (non-hydrogen) atoms. The molecule has 0 saturated carbocycles. The lowest BCUT2D eigenvalue weighted by molar-refractivity contribution is -0.127. The van der Waals surface area contributed by atoms with Gasteiger partial charge in [-0.2, -0.15) is 4.31 Å². The van der Waals surface area contributed by atoms with E-state index in [0.717, 1.165) is 23.4 Å². The van der Waals surface area contributed by atoms with Crippen LogP contribution >= 0.6 is 0 Å². The maximum absolute atomic E-state index is 13.5. The van der Waals surface area contributed by atoms with Crippen LogP contribution in [0.4, 0.5) is 8.78 Å². The lowest BCUT2D eigenvalue weighted by atomic mass is 9.92. The zero-order valence-electron chi connectivity index (χ0n) is 18.3. The Bertz CT molecular complexity index is 1050. The van der Waals surface area contributed by atoms with E-state index in [1.807, 2.05) is 38.1 Å². The van der Waals surface area contributed by atoms with Gasteiger partial charge in [-0.1, -0.05) is 26.0 Å². The number of amides is 1. The van der Waals surface area contributed by atoms with E-state index >= 15 is 0 Å². The van der Waals surface area contributed by atoms with Crippen LogP contribution in [-0.2, 0) is 14.8 Å². The first-order valence-corrected chi connectivity index (χ1v) is 12.0. The van der Waals surface area contributed by atoms with Crippen LogP contribution in [0.3, 0.4) is 0 Å². The van der Waals surface area contributed by atoms with Gasteiger partial charge >= 0.3 is 0 Å². The fourth-order valence-electron chi connectivity index (χ4n) is 3.86. The number of ether oxygens (including phenoxy) is 1. The van der Waals surface area contributed by atoms with Crippen LogP contribution in [-0.4, -0.2) is 38.8 Å². The molecule has 0 radical (unpaired) electrons. The minimum absolute atomic E-state index is 0.121. The lowest BCUT2D eigenvalue weighted by Crippen LogP contribution is -2.44. The van der Waals surface area contributed by atoms with Gasteiger partial charge in [0.05, 0.1) is 18.0 Å². The molecule has 1 aliphatic heterocycles. The van der Waals surface area contributed by atoms with E-state index < -0.39 is 21.7 Å². The SMILES string of the molecule is COc1ccc(C(NC(=O)C2CCN(S(=O)(=O)c3ccc(F)c(F)c3)CC2)C(C)C)cc1. The molecule has 1 amide bonds. The van der Waals surface area contributed by atoms with Crippen molar-refractivity contribution in [3.05, 3.63) is 59.7 Å². The van der Waals surface area contributed by atoms with E-state index in [2.05, 4.69) is 5.32 Å². The molecule has 1 saturated heterocycles. The van der Waals surface area contributed by atoms with E-state index in [1.165, 1.54) is 4.31 Å². The van der Waals surface area contributed by atoms with Crippen molar-refractivity contribution in [3.63, 3.8) is 0 Å². The number of nitrogens with zero attached hydrogens (tertiary/aromatic N) is 1. The number of benzene rings is 2. The summed E-state index contributed by atoms with van der Waals surface area (Å²) in [6.07, 6.45) is 0.699. The Kier molecular flexibility index (Phi) is 7.51. The Balaban J connectivity index is 1.64. The molecule has 3 rings (SSSR count). The van der Waals surface area contributed by atoms with E-state index in [-0.39, 0.29) is 41.8 Å². The molecule has 1 atom stereocenters. The van der Waals surface area contributed by atoms with Crippen LogP contribution in [0.5, 0.6) is 5.75 Å². The minimum Gasteiger partial charge on any atom is -0.497 e. The van der Waals surface area contributed by atoms with Gasteiger partial charge in [-0.15, -0.1) is 0 Å². The molecule has 1 heterocycles. The first-order chi connectivity index (χ1) is 15.1. The number of methoxy groups -OCH3 is 1. The third kappa shape index (κ3) is 5.27. The van der Waals surface area contributed by atoms with Gasteiger partial charge in [0.15, 0.2) is 11.6 Å². The highest BCUT2D eigenvalue weighted by Crippen LogP contribution is 2.28. The second-order valence-corrected chi connectivity index (χ2v) is 10.2. The molecule has 9 heteroatoms. The Morgan fingerprint density at radius 1 is 1.06 bits per heavy atom. The molecule has 6 nitrogen and oxygen atoms in total. The highest BCUT2D eigenvalue weighted by molar-refractivity contribution is 7.89. The second kappa shape index (κ2) is 9.95. The zero-order chi connectivity index (χ0) is 23.5. The van der Waals surface area contributed by atoms with Crippen molar-refractivity contribution in [3.8, 4) is 5.75 Å². The van der Waals surface area contributed by atoms with Gasteiger partial charge in [0.1, 0.15) is 5.75 Å². The predicted octanol–water partition coefficient (Wildman–Crippen LogP) is 3.89. The summed E-state index contributed by atoms with van der Waals surface area (Å²) >= 11 is 0. The first kappa shape index (κ1) is 24.1. The number of nitrogens with one attached hydrogen (secondary N) is 1. The summed E-state index contributed by atoms with van der Waals surface area (Å²) in [5, 5.41) is 3.10. The minimum atomic E-state index is -3.95. The van der Waals surface area contributed by atoms with Gasteiger partial charge in [0.2, 0.25) is 15.9 Å². The largest absolute Gasteiger partial charge is 0.497 e. The van der Waals surface area contributed by atoms with E-state index in [4.69, 9.17) is 4.74 Å². The summed E-state index contributed by atoms with van der Waals surface area (Å²) in [4.78, 5) is 12.6. The standard InChI is InChI=1S/C23H28F2N2O4S/c1-15(2)22(16-4-6-18(31-3)7-5-16)26-23(28)17-10-12-27(13-11-17)32(29,30)19-8-9-20(24)21(25)14-19/h4-9,14-15,17,22H,10-13H2,1-3H3,(H,26,28). The van der Waals surface area contributed by atoms with Crippen molar-refractivity contribution in [2.45, 2.75) is 37.6 Å². The van der Waals surface area contributed by atoms with Crippen molar-refractivity contribution in [1.82, 2.24) is 9.62 Å². The molecule has 0 aliphatic carbocycles. The first-order valence-electron chi connectivity index (χ1n) is 10.5. The Hall–Kier alpha value is -2.52. The summed E-state index contributed by atoms with van der Waals surface area (Å²) in [7, 11) is -2.36. The lowest BCUT2D eigenvalue weighted by Gasteiger charge is -2.32. The van der Waals surface area contributed by atoms with Crippen LogP contribution in [0.1, 0.15) is 38.3 Å². The molecule has 1 fully saturated rings. The number of hydrogen-bond acceptors (Lipinski definition) is 4. The number of hydrogen-bond donors (Lipinski definition) is 1. The summed E-state index contributed by atoms with van der Waals surface area (Å²) in [6, 6.07) is 9.88. The van der Waals surface area contributed by atoms with Crippen molar-refractivity contribution < 1.29 is 26.7 Å². The van der Waals surface area contributed by atoms with Gasteiger partial charge < -0.3 is 10.1 Å². The number of carbonyl (C=O) groups is 1. The molecular formula is C23H28F2N2O4S. The number of sulfonamides is 1. The normalized spacial score (nSPS) is 16.7. The Morgan fingerprint density at radius 3 is 2.22 bits per heavy atom. The van der Waals surface area contributed by atoms with Gasteiger partial charge in [0.25, 0.3) is 0 Å². The molecule has 1 unspecified atom stereocenters. The Morgan fingerprint density at radius 2 is 1.69 bits per heavy atom. The van der Waals surface area contributed by atoms with Crippen molar-refractivity contribution in [2.24, 2.45) is 11.8 Å². The monoisotopic (exact) mass is 466 g/mol. The summed E-state index contributed by atoms with van der Waals surface area (Å²) in [6.45, 7) is 4.31. The average molecular weight is 467 g/mol. The number of piperidine rings is 1. The molecule has 1 aliphatic rings. The number of rotatable bonds is 7. The van der Waals surface area contributed by atoms with Gasteiger partial charge in [-0.25, -0.2) is 17.2 Å². The van der Waals surface area contributed by atoms with Crippen molar-refractivity contribution in [2.75, 3.05) is 20.2 Å². The molecular weight excluding hydrogens is 438 g/mol. The molecule has 0 spiro atoms. The summed E-state index contributed by atoms with van der Waals surface area (Å²) in [5.41, 5.74) is 0.965. The van der Waals surface area contributed by atoms with Crippen LogP contribution < -0.4 is 10.1 Å². The van der Waals surface area contributed by atoms with Crippen LogP contribution in [0.15, 0.2) is 47.4 Å². The van der Waals surface area contributed by atoms with Crippen LogP contribution in [0, 0.1) is 23.5 Å². The number of halogens is 2. The molecule has 2 aromatic carbocycles. The number of carbonyl (C=O) groups excluding carboxylic acids is 1. The third-order valence-electron chi connectivity index (χ3n) is 5.79. The predicted molar refractivity (Wildman–Crippen MR) is 117 cm³/mol. The Labute approximate surface area is 187 Å². The van der Waals surface area contributed by atoms with Gasteiger partial charge in [0, 0.05) is 19.0 Å². The summed E-state index contributed by atoms with van der Waals surface area (Å²) < 4.78 is 58.6. The fraction of sp³-hybridized carbons (Fsp3) is 0.435. The fourth-order valence-corrected chi connectivity index (χ4v) is 5.34. The summed E-state index contributed by atoms with van der Waals surface area (Å²) in [5.74, 6) is -1.87. The molecule has 0 bridgehead atoms. The third-order valence-corrected chi connectivity index (χ3v) is 7.69. The van der Waals surface area contributed by atoms with Crippen molar-refractivity contribution >= 4 is 15.9 Å². The highest BCUT2D eigenvalue weighted by atomic mass is 32.2. The van der Waals surface area contributed by atoms with Crippen LogP contribution in [0.2, 0.25) is 0 Å². The maximum atomic E-state index is 13.5.